The zero-order valence-electron chi connectivity index (χ0n) is 16.4. The maximum atomic E-state index is 12.6. The lowest BCUT2D eigenvalue weighted by atomic mass is 10.0. The summed E-state index contributed by atoms with van der Waals surface area (Å²) in [5, 5.41) is 0. The van der Waals surface area contributed by atoms with Crippen LogP contribution in [0.3, 0.4) is 0 Å². The van der Waals surface area contributed by atoms with Crippen LogP contribution in [0.15, 0.2) is 54.6 Å². The van der Waals surface area contributed by atoms with Crippen LogP contribution in [0.2, 0.25) is 0 Å². The van der Waals surface area contributed by atoms with E-state index in [1.807, 2.05) is 29.2 Å². The van der Waals surface area contributed by atoms with E-state index >= 15 is 0 Å². The highest BCUT2D eigenvalue weighted by Crippen LogP contribution is 2.32. The Morgan fingerprint density at radius 1 is 0.929 bits per heavy atom. The van der Waals surface area contributed by atoms with Gasteiger partial charge >= 0.3 is 0 Å². The lowest BCUT2D eigenvalue weighted by Crippen LogP contribution is -2.33. The third kappa shape index (κ3) is 4.30. The second-order valence-corrected chi connectivity index (χ2v) is 7.75. The molecule has 2 saturated heterocycles. The number of carbonyl (C=O) groups is 1. The third-order valence-electron chi connectivity index (χ3n) is 5.81. The number of hydrogen-bond acceptors (Lipinski definition) is 4. The van der Waals surface area contributed by atoms with Gasteiger partial charge in [-0.05, 0) is 29.5 Å². The first-order valence-electron chi connectivity index (χ1n) is 10.0. The molecule has 2 unspecified atom stereocenters. The number of nitrogens with zero attached hydrogens (tertiary/aromatic N) is 2. The number of likely N-dealkylation sites (tertiary alicyclic amines) is 2. The normalized spacial score (nSPS) is 21.5. The van der Waals surface area contributed by atoms with E-state index in [9.17, 15) is 4.79 Å². The van der Waals surface area contributed by atoms with Crippen LogP contribution in [0, 0.1) is 11.8 Å². The van der Waals surface area contributed by atoms with Crippen molar-refractivity contribution in [3.8, 4) is 11.5 Å². The molecule has 2 aromatic rings. The van der Waals surface area contributed by atoms with E-state index in [1.54, 1.807) is 7.11 Å². The van der Waals surface area contributed by atoms with Gasteiger partial charge in [0.05, 0.1) is 20.1 Å². The number of para-hydroxylation sites is 2. The Bertz CT molecular complexity index is 781. The molecule has 5 nitrogen and oxygen atoms in total. The molecule has 2 aliphatic rings. The number of hydrogen-bond donors (Lipinski definition) is 0. The molecular weight excluding hydrogens is 352 g/mol. The van der Waals surface area contributed by atoms with Gasteiger partial charge in [0.2, 0.25) is 5.91 Å². The molecule has 0 N–H and O–H groups in total. The second kappa shape index (κ2) is 8.65. The lowest BCUT2D eigenvalue weighted by Gasteiger charge is -2.22. The summed E-state index contributed by atoms with van der Waals surface area (Å²) in [6.45, 7) is 5.31. The first-order chi connectivity index (χ1) is 13.7. The molecule has 2 atom stereocenters. The minimum atomic E-state index is 0.193. The van der Waals surface area contributed by atoms with Gasteiger partial charge < -0.3 is 14.4 Å². The van der Waals surface area contributed by atoms with Crippen LogP contribution in [0.1, 0.15) is 12.0 Å². The van der Waals surface area contributed by atoms with Crippen molar-refractivity contribution in [3.63, 3.8) is 0 Å². The van der Waals surface area contributed by atoms with Crippen LogP contribution >= 0.6 is 0 Å². The van der Waals surface area contributed by atoms with Crippen LogP contribution in [0.25, 0.3) is 0 Å². The van der Waals surface area contributed by atoms with E-state index in [4.69, 9.17) is 9.47 Å². The highest BCUT2D eigenvalue weighted by Gasteiger charge is 2.41. The number of fused-ring (bicyclic) bond motifs is 1. The first kappa shape index (κ1) is 18.8. The number of carbonyl (C=O) groups excluding carboxylic acids is 1. The average molecular weight is 380 g/mol. The maximum Gasteiger partial charge on any atom is 0.226 e. The van der Waals surface area contributed by atoms with E-state index in [0.717, 1.165) is 32.7 Å². The summed E-state index contributed by atoms with van der Waals surface area (Å²) in [4.78, 5) is 17.1. The summed E-state index contributed by atoms with van der Waals surface area (Å²) in [5.74, 6) is 2.78. The molecule has 28 heavy (non-hydrogen) atoms. The molecular formula is C23H28N2O3. The van der Waals surface area contributed by atoms with Crippen LogP contribution in [0.4, 0.5) is 0 Å². The van der Waals surface area contributed by atoms with Crippen molar-refractivity contribution in [1.29, 1.82) is 0 Å². The summed E-state index contributed by atoms with van der Waals surface area (Å²) < 4.78 is 11.0. The second-order valence-electron chi connectivity index (χ2n) is 7.75. The molecule has 1 amide bonds. The zero-order chi connectivity index (χ0) is 19.3. The van der Waals surface area contributed by atoms with Crippen LogP contribution in [-0.2, 0) is 11.3 Å². The van der Waals surface area contributed by atoms with Gasteiger partial charge in [0.15, 0.2) is 11.5 Å². The fraction of sp³-hybridized carbons (Fsp3) is 0.435. The first-order valence-corrected chi connectivity index (χ1v) is 10.0. The fourth-order valence-electron chi connectivity index (χ4n) is 4.41. The van der Waals surface area contributed by atoms with Crippen molar-refractivity contribution in [3.05, 3.63) is 60.2 Å². The number of amides is 1. The van der Waals surface area contributed by atoms with Crippen molar-refractivity contribution < 1.29 is 14.3 Å². The van der Waals surface area contributed by atoms with Gasteiger partial charge in [0.1, 0.15) is 0 Å². The fourth-order valence-corrected chi connectivity index (χ4v) is 4.41. The van der Waals surface area contributed by atoms with E-state index < -0.39 is 0 Å². The molecule has 0 saturated carbocycles. The summed E-state index contributed by atoms with van der Waals surface area (Å²) in [7, 11) is 1.62. The summed E-state index contributed by atoms with van der Waals surface area (Å²) >= 11 is 0. The molecule has 4 rings (SSSR count). The molecule has 2 fully saturated rings. The summed E-state index contributed by atoms with van der Waals surface area (Å²) in [5.41, 5.74) is 1.36. The van der Waals surface area contributed by atoms with Gasteiger partial charge in [0.25, 0.3) is 0 Å². The molecule has 0 aliphatic carbocycles. The van der Waals surface area contributed by atoms with Crippen molar-refractivity contribution in [2.24, 2.45) is 11.8 Å². The monoisotopic (exact) mass is 380 g/mol. The van der Waals surface area contributed by atoms with Crippen LogP contribution in [-0.4, -0.2) is 55.6 Å². The molecule has 2 aromatic carbocycles. The van der Waals surface area contributed by atoms with Gasteiger partial charge in [-0.3, -0.25) is 9.69 Å². The largest absolute Gasteiger partial charge is 0.493 e. The average Bonchev–Trinajstić information content (AvgIpc) is 3.28. The van der Waals surface area contributed by atoms with Crippen molar-refractivity contribution in [2.45, 2.75) is 13.0 Å². The SMILES string of the molecule is COc1ccccc1OCCC(=O)N1CC2CN(Cc3ccccc3)CC2C1. The van der Waals surface area contributed by atoms with Crippen molar-refractivity contribution in [1.82, 2.24) is 9.80 Å². The molecule has 0 bridgehead atoms. The quantitative estimate of drug-likeness (QED) is 0.740. The van der Waals surface area contributed by atoms with Gasteiger partial charge in [-0.15, -0.1) is 0 Å². The van der Waals surface area contributed by atoms with Crippen molar-refractivity contribution >= 4 is 5.91 Å². The Balaban J connectivity index is 1.22. The van der Waals surface area contributed by atoms with Gasteiger partial charge in [0, 0.05) is 32.7 Å². The Morgan fingerprint density at radius 3 is 2.25 bits per heavy atom. The van der Waals surface area contributed by atoms with Gasteiger partial charge in [-0.2, -0.15) is 0 Å². The minimum Gasteiger partial charge on any atom is -0.493 e. The molecule has 2 heterocycles. The van der Waals surface area contributed by atoms with E-state index in [-0.39, 0.29) is 5.91 Å². The molecule has 0 aromatic heterocycles. The summed E-state index contributed by atoms with van der Waals surface area (Å²) in [6.07, 6.45) is 0.408. The number of rotatable bonds is 7. The summed E-state index contributed by atoms with van der Waals surface area (Å²) in [6, 6.07) is 18.2. The lowest BCUT2D eigenvalue weighted by molar-refractivity contribution is -0.131. The Labute approximate surface area is 166 Å². The minimum absolute atomic E-state index is 0.193. The highest BCUT2D eigenvalue weighted by atomic mass is 16.5. The Morgan fingerprint density at radius 2 is 1.57 bits per heavy atom. The topological polar surface area (TPSA) is 42.0 Å². The Hall–Kier alpha value is -2.53. The Kier molecular flexibility index (Phi) is 5.81. The maximum absolute atomic E-state index is 12.6. The smallest absolute Gasteiger partial charge is 0.226 e. The van der Waals surface area contributed by atoms with E-state index in [0.29, 0.717) is 36.4 Å². The van der Waals surface area contributed by atoms with E-state index in [2.05, 4.69) is 35.2 Å². The number of ether oxygens (including phenoxy) is 2. The molecule has 0 radical (unpaired) electrons. The van der Waals surface area contributed by atoms with Crippen molar-refractivity contribution in [2.75, 3.05) is 39.9 Å². The van der Waals surface area contributed by atoms with E-state index in [1.165, 1.54) is 5.56 Å². The molecule has 148 valence electrons. The standard InChI is InChI=1S/C23H28N2O3/c1-27-21-9-5-6-10-22(21)28-12-11-23(26)25-16-19-14-24(15-20(19)17-25)13-18-7-3-2-4-8-18/h2-10,19-20H,11-17H2,1H3. The number of benzene rings is 2. The molecule has 0 spiro atoms. The van der Waals surface area contributed by atoms with Crippen LogP contribution in [0.5, 0.6) is 11.5 Å². The predicted octanol–water partition coefficient (Wildman–Crippen LogP) is 3.05. The highest BCUT2D eigenvalue weighted by molar-refractivity contribution is 5.76. The molecule has 2 aliphatic heterocycles. The van der Waals surface area contributed by atoms with Gasteiger partial charge in [-0.1, -0.05) is 42.5 Å². The van der Waals surface area contributed by atoms with Crippen LogP contribution < -0.4 is 9.47 Å². The number of methoxy groups -OCH3 is 1. The molecule has 5 heteroatoms. The zero-order valence-corrected chi connectivity index (χ0v) is 16.4. The third-order valence-corrected chi connectivity index (χ3v) is 5.81. The predicted molar refractivity (Wildman–Crippen MR) is 108 cm³/mol. The van der Waals surface area contributed by atoms with Gasteiger partial charge in [-0.25, -0.2) is 0 Å².